The molecule has 0 saturated carbocycles. The molecule has 0 N–H and O–H groups in total. The van der Waals surface area contributed by atoms with Gasteiger partial charge in [0, 0.05) is 19.6 Å². The van der Waals surface area contributed by atoms with Gasteiger partial charge in [-0.2, -0.15) is 0 Å². The van der Waals surface area contributed by atoms with E-state index in [9.17, 15) is 14.4 Å². The Morgan fingerprint density at radius 1 is 1.24 bits per heavy atom. The minimum absolute atomic E-state index is 0.137. The summed E-state index contributed by atoms with van der Waals surface area (Å²) in [5.74, 6) is -0.733. The molecule has 2 aromatic rings. The average Bonchev–Trinajstić information content (AvgIpc) is 3.15. The molecule has 1 aromatic heterocycles. The van der Waals surface area contributed by atoms with E-state index in [1.54, 1.807) is 34.6 Å². The predicted octanol–water partition coefficient (Wildman–Crippen LogP) is 1.50. The Bertz CT molecular complexity index is 882. The van der Waals surface area contributed by atoms with Gasteiger partial charge >= 0.3 is 5.97 Å². The van der Waals surface area contributed by atoms with Crippen molar-refractivity contribution < 1.29 is 14.3 Å². The Morgan fingerprint density at radius 2 is 1.96 bits per heavy atom. The van der Waals surface area contributed by atoms with E-state index in [2.05, 4.69) is 4.98 Å². The second-order valence-corrected chi connectivity index (χ2v) is 6.11. The lowest BCUT2D eigenvalue weighted by atomic mass is 10.2. The lowest BCUT2D eigenvalue weighted by molar-refractivity contribution is -0.133. The zero-order valence-corrected chi connectivity index (χ0v) is 14.4. The van der Waals surface area contributed by atoms with Gasteiger partial charge in [0.05, 0.1) is 16.6 Å². The molecule has 0 bridgehead atoms. The average molecular weight is 343 g/mol. The highest BCUT2D eigenvalue weighted by Gasteiger charge is 2.20. The van der Waals surface area contributed by atoms with E-state index >= 15 is 0 Å². The maximum absolute atomic E-state index is 12.2. The van der Waals surface area contributed by atoms with Crippen molar-refractivity contribution in [3.05, 3.63) is 39.8 Å². The molecule has 25 heavy (non-hydrogen) atoms. The molecule has 1 fully saturated rings. The summed E-state index contributed by atoms with van der Waals surface area (Å²) in [5.41, 5.74) is 1.78. The molecule has 1 saturated heterocycles. The van der Waals surface area contributed by atoms with Crippen LogP contribution in [-0.4, -0.2) is 46.0 Å². The number of esters is 1. The van der Waals surface area contributed by atoms with Crippen LogP contribution in [0.1, 0.15) is 35.8 Å². The SMILES string of the molecule is CCn1c(=O)c(C)nc2cc(C(=O)OCC(=O)N3CCCC3)ccc21. The van der Waals surface area contributed by atoms with E-state index in [0.717, 1.165) is 25.9 Å². The number of benzene rings is 1. The number of aryl methyl sites for hydroxylation is 2. The minimum Gasteiger partial charge on any atom is -0.452 e. The van der Waals surface area contributed by atoms with Crippen molar-refractivity contribution in [1.29, 1.82) is 0 Å². The zero-order valence-electron chi connectivity index (χ0n) is 14.4. The second-order valence-electron chi connectivity index (χ2n) is 6.11. The molecule has 0 radical (unpaired) electrons. The van der Waals surface area contributed by atoms with Gasteiger partial charge in [0.1, 0.15) is 5.69 Å². The van der Waals surface area contributed by atoms with Gasteiger partial charge in [-0.25, -0.2) is 9.78 Å². The maximum atomic E-state index is 12.2. The van der Waals surface area contributed by atoms with Gasteiger partial charge in [0.2, 0.25) is 0 Å². The summed E-state index contributed by atoms with van der Waals surface area (Å²) in [6.45, 7) is 5.25. The summed E-state index contributed by atoms with van der Waals surface area (Å²) in [6.07, 6.45) is 1.99. The summed E-state index contributed by atoms with van der Waals surface area (Å²) in [4.78, 5) is 42.3. The first-order valence-electron chi connectivity index (χ1n) is 8.47. The molecule has 0 aliphatic carbocycles. The summed E-state index contributed by atoms with van der Waals surface area (Å²) < 4.78 is 6.75. The number of carbonyl (C=O) groups excluding carboxylic acids is 2. The molecule has 1 amide bonds. The number of aromatic nitrogens is 2. The van der Waals surface area contributed by atoms with Crippen molar-refractivity contribution in [2.45, 2.75) is 33.2 Å². The number of fused-ring (bicyclic) bond motifs is 1. The summed E-state index contributed by atoms with van der Waals surface area (Å²) in [6, 6.07) is 4.87. The smallest absolute Gasteiger partial charge is 0.338 e. The van der Waals surface area contributed by atoms with E-state index in [-0.39, 0.29) is 18.1 Å². The van der Waals surface area contributed by atoms with E-state index in [4.69, 9.17) is 4.74 Å². The predicted molar refractivity (Wildman–Crippen MR) is 92.5 cm³/mol. The Morgan fingerprint density at radius 3 is 2.64 bits per heavy atom. The normalized spacial score (nSPS) is 14.1. The number of ether oxygens (including phenoxy) is 1. The third-order valence-electron chi connectivity index (χ3n) is 4.45. The maximum Gasteiger partial charge on any atom is 0.338 e. The van der Waals surface area contributed by atoms with Crippen LogP contribution in [-0.2, 0) is 16.1 Å². The molecule has 2 heterocycles. The van der Waals surface area contributed by atoms with Crippen molar-refractivity contribution in [2.24, 2.45) is 0 Å². The lowest BCUT2D eigenvalue weighted by Crippen LogP contribution is -2.32. The van der Waals surface area contributed by atoms with Gasteiger partial charge in [-0.3, -0.25) is 9.59 Å². The van der Waals surface area contributed by atoms with Crippen LogP contribution < -0.4 is 5.56 Å². The van der Waals surface area contributed by atoms with Crippen molar-refractivity contribution >= 4 is 22.9 Å². The summed E-state index contributed by atoms with van der Waals surface area (Å²) >= 11 is 0. The second kappa shape index (κ2) is 7.04. The number of carbonyl (C=O) groups is 2. The number of hydrogen-bond donors (Lipinski definition) is 0. The molecule has 0 spiro atoms. The standard InChI is InChI=1S/C18H21N3O4/c1-3-21-15-7-6-13(10-14(15)19-12(2)17(21)23)18(24)25-11-16(22)20-8-4-5-9-20/h6-7,10H,3-5,8-9,11H2,1-2H3. The molecule has 0 atom stereocenters. The van der Waals surface area contributed by atoms with Crippen molar-refractivity contribution in [3.63, 3.8) is 0 Å². The summed E-state index contributed by atoms with van der Waals surface area (Å²) in [7, 11) is 0. The number of rotatable bonds is 4. The number of hydrogen-bond acceptors (Lipinski definition) is 5. The van der Waals surface area contributed by atoms with Crippen molar-refractivity contribution in [1.82, 2.24) is 14.5 Å². The molecule has 7 nitrogen and oxygen atoms in total. The molecular formula is C18H21N3O4. The van der Waals surface area contributed by atoms with Crippen LogP contribution in [0, 0.1) is 6.92 Å². The van der Waals surface area contributed by atoms with Gasteiger partial charge in [-0.05, 0) is 44.9 Å². The molecule has 0 unspecified atom stereocenters. The van der Waals surface area contributed by atoms with Gasteiger partial charge in [0.25, 0.3) is 11.5 Å². The van der Waals surface area contributed by atoms with Crippen LogP contribution in [0.4, 0.5) is 0 Å². The third kappa shape index (κ3) is 3.40. The number of nitrogens with zero attached hydrogens (tertiary/aromatic N) is 3. The van der Waals surface area contributed by atoms with Gasteiger partial charge in [0.15, 0.2) is 6.61 Å². The Hall–Kier alpha value is -2.70. The first kappa shape index (κ1) is 17.1. The highest BCUT2D eigenvalue weighted by Crippen LogP contribution is 2.15. The van der Waals surface area contributed by atoms with Crippen LogP contribution in [0.25, 0.3) is 11.0 Å². The van der Waals surface area contributed by atoms with E-state index < -0.39 is 5.97 Å². The molecule has 3 rings (SSSR count). The van der Waals surface area contributed by atoms with E-state index in [1.165, 1.54) is 0 Å². The molecule has 1 aliphatic rings. The number of likely N-dealkylation sites (tertiary alicyclic amines) is 1. The van der Waals surface area contributed by atoms with Crippen LogP contribution in [0.5, 0.6) is 0 Å². The Balaban J connectivity index is 1.79. The molecule has 7 heteroatoms. The van der Waals surface area contributed by atoms with Crippen LogP contribution >= 0.6 is 0 Å². The quantitative estimate of drug-likeness (QED) is 0.786. The highest BCUT2D eigenvalue weighted by atomic mass is 16.5. The lowest BCUT2D eigenvalue weighted by Gasteiger charge is -2.15. The topological polar surface area (TPSA) is 81.5 Å². The van der Waals surface area contributed by atoms with Gasteiger partial charge in [-0.15, -0.1) is 0 Å². The minimum atomic E-state index is -0.567. The molecular weight excluding hydrogens is 322 g/mol. The van der Waals surface area contributed by atoms with E-state index in [1.807, 2.05) is 6.92 Å². The van der Waals surface area contributed by atoms with Crippen molar-refractivity contribution in [2.75, 3.05) is 19.7 Å². The first-order chi connectivity index (χ1) is 12.0. The van der Waals surface area contributed by atoms with Gasteiger partial charge < -0.3 is 14.2 Å². The summed E-state index contributed by atoms with van der Waals surface area (Å²) in [5, 5.41) is 0. The monoisotopic (exact) mass is 343 g/mol. The molecule has 132 valence electrons. The van der Waals surface area contributed by atoms with Crippen LogP contribution in [0.15, 0.2) is 23.0 Å². The fourth-order valence-corrected chi connectivity index (χ4v) is 3.08. The Kier molecular flexibility index (Phi) is 4.83. The van der Waals surface area contributed by atoms with Crippen LogP contribution in [0.3, 0.4) is 0 Å². The van der Waals surface area contributed by atoms with Crippen molar-refractivity contribution in [3.8, 4) is 0 Å². The largest absolute Gasteiger partial charge is 0.452 e. The highest BCUT2D eigenvalue weighted by molar-refractivity contribution is 5.94. The zero-order chi connectivity index (χ0) is 18.0. The van der Waals surface area contributed by atoms with Gasteiger partial charge in [-0.1, -0.05) is 0 Å². The third-order valence-corrected chi connectivity index (χ3v) is 4.45. The Labute approximate surface area is 145 Å². The van der Waals surface area contributed by atoms with E-state index in [0.29, 0.717) is 28.8 Å². The number of amides is 1. The fourth-order valence-electron chi connectivity index (χ4n) is 3.08. The molecule has 1 aliphatic heterocycles. The fraction of sp³-hybridized carbons (Fsp3) is 0.444. The first-order valence-corrected chi connectivity index (χ1v) is 8.47. The van der Waals surface area contributed by atoms with Crippen LogP contribution in [0.2, 0.25) is 0 Å². The molecule has 1 aromatic carbocycles.